The number of nitriles is 1. The van der Waals surface area contributed by atoms with E-state index in [2.05, 4.69) is 10.6 Å². The maximum atomic E-state index is 12.8. The Kier molecular flexibility index (Phi) is 5.06. The molecule has 1 fully saturated rings. The van der Waals surface area contributed by atoms with Crippen molar-refractivity contribution < 1.29 is 14.3 Å². The lowest BCUT2D eigenvalue weighted by molar-refractivity contribution is -0.131. The van der Waals surface area contributed by atoms with Gasteiger partial charge in [-0.2, -0.15) is 5.26 Å². The molecule has 6 nitrogen and oxygen atoms in total. The zero-order chi connectivity index (χ0) is 19.6. The molecular weight excluding hydrogens is 366 g/mol. The van der Waals surface area contributed by atoms with E-state index in [1.165, 1.54) is 7.11 Å². The third kappa shape index (κ3) is 3.74. The molecule has 3 rings (SSSR count). The first kappa shape index (κ1) is 18.7. The van der Waals surface area contributed by atoms with Crippen LogP contribution in [0.15, 0.2) is 36.4 Å². The van der Waals surface area contributed by atoms with Gasteiger partial charge >= 0.3 is 0 Å². The highest BCUT2D eigenvalue weighted by molar-refractivity contribution is 6.31. The minimum atomic E-state index is -1.12. The summed E-state index contributed by atoms with van der Waals surface area (Å²) in [5.74, 6) is -0.354. The fourth-order valence-corrected chi connectivity index (χ4v) is 2.92. The molecule has 0 saturated heterocycles. The van der Waals surface area contributed by atoms with E-state index in [0.717, 1.165) is 5.56 Å². The second kappa shape index (κ2) is 7.29. The number of aryl methyl sites for hydroxylation is 1. The molecule has 0 unspecified atom stereocenters. The van der Waals surface area contributed by atoms with Crippen molar-refractivity contribution in [2.75, 3.05) is 17.7 Å². The van der Waals surface area contributed by atoms with Crippen molar-refractivity contribution in [2.45, 2.75) is 19.8 Å². The van der Waals surface area contributed by atoms with Gasteiger partial charge in [0.2, 0.25) is 11.8 Å². The van der Waals surface area contributed by atoms with E-state index in [-0.39, 0.29) is 5.91 Å². The van der Waals surface area contributed by atoms with Crippen LogP contribution >= 0.6 is 11.6 Å². The predicted octanol–water partition coefficient (Wildman–Crippen LogP) is 3.89. The minimum absolute atomic E-state index is 0.389. The molecule has 2 aromatic carbocycles. The first-order chi connectivity index (χ1) is 12.9. The first-order valence-electron chi connectivity index (χ1n) is 8.37. The number of nitrogens with zero attached hydrogens (tertiary/aromatic N) is 1. The van der Waals surface area contributed by atoms with Crippen molar-refractivity contribution in [2.24, 2.45) is 5.41 Å². The first-order valence-corrected chi connectivity index (χ1v) is 8.74. The molecule has 0 bridgehead atoms. The Morgan fingerprint density at radius 2 is 1.89 bits per heavy atom. The highest BCUT2D eigenvalue weighted by Crippen LogP contribution is 2.48. The summed E-state index contributed by atoms with van der Waals surface area (Å²) in [7, 11) is 1.48. The fourth-order valence-electron chi connectivity index (χ4n) is 2.77. The Morgan fingerprint density at radius 3 is 2.52 bits per heavy atom. The predicted molar refractivity (Wildman–Crippen MR) is 103 cm³/mol. The molecule has 0 spiro atoms. The van der Waals surface area contributed by atoms with Crippen molar-refractivity contribution in [3.05, 3.63) is 52.5 Å². The summed E-state index contributed by atoms with van der Waals surface area (Å²) in [5, 5.41) is 15.0. The van der Waals surface area contributed by atoms with Crippen molar-refractivity contribution in [1.29, 1.82) is 5.26 Å². The van der Waals surface area contributed by atoms with Crippen molar-refractivity contribution in [3.63, 3.8) is 0 Å². The lowest BCUT2D eigenvalue weighted by Gasteiger charge is -2.17. The number of carbonyl (C=O) groups excluding carboxylic acids is 2. The molecular formula is C20H18ClN3O3. The molecule has 0 radical (unpaired) electrons. The molecule has 2 aromatic rings. The summed E-state index contributed by atoms with van der Waals surface area (Å²) in [5.41, 5.74) is 1.05. The van der Waals surface area contributed by atoms with Gasteiger partial charge in [-0.05, 0) is 49.6 Å². The van der Waals surface area contributed by atoms with E-state index >= 15 is 0 Å². The van der Waals surface area contributed by atoms with Gasteiger partial charge in [0.1, 0.15) is 11.2 Å². The Bertz CT molecular complexity index is 961. The summed E-state index contributed by atoms with van der Waals surface area (Å²) in [6.07, 6.45) is 0.912. The van der Waals surface area contributed by atoms with Crippen LogP contribution in [0.25, 0.3) is 0 Å². The van der Waals surface area contributed by atoms with Gasteiger partial charge in [-0.3, -0.25) is 9.59 Å². The Morgan fingerprint density at radius 1 is 1.19 bits per heavy atom. The van der Waals surface area contributed by atoms with Crippen molar-refractivity contribution >= 4 is 34.8 Å². The largest absolute Gasteiger partial charge is 0.495 e. The van der Waals surface area contributed by atoms with Crippen LogP contribution in [-0.4, -0.2) is 18.9 Å². The van der Waals surface area contributed by atoms with Crippen molar-refractivity contribution in [1.82, 2.24) is 0 Å². The molecule has 0 atom stereocenters. The summed E-state index contributed by atoms with van der Waals surface area (Å²) in [6.45, 7) is 1.82. The molecule has 2 N–H and O–H groups in total. The van der Waals surface area contributed by atoms with Crippen LogP contribution in [0.2, 0.25) is 5.02 Å². The van der Waals surface area contributed by atoms with Crippen LogP contribution in [0.4, 0.5) is 11.4 Å². The number of hydrogen-bond acceptors (Lipinski definition) is 4. The quantitative estimate of drug-likeness (QED) is 0.766. The third-order valence-electron chi connectivity index (χ3n) is 4.60. The van der Waals surface area contributed by atoms with Crippen molar-refractivity contribution in [3.8, 4) is 11.8 Å². The second-order valence-corrected chi connectivity index (χ2v) is 6.89. The van der Waals surface area contributed by atoms with Gasteiger partial charge in [0, 0.05) is 16.8 Å². The van der Waals surface area contributed by atoms with Gasteiger partial charge in [0.05, 0.1) is 24.4 Å². The number of methoxy groups -OCH3 is 1. The van der Waals surface area contributed by atoms with E-state index in [0.29, 0.717) is 40.6 Å². The number of amides is 2. The summed E-state index contributed by atoms with van der Waals surface area (Å²) >= 11 is 6.09. The smallest absolute Gasteiger partial charge is 0.240 e. The number of ether oxygens (including phenoxy) is 1. The van der Waals surface area contributed by atoms with Gasteiger partial charge in [-0.15, -0.1) is 0 Å². The van der Waals surface area contributed by atoms with Crippen LogP contribution in [-0.2, 0) is 9.59 Å². The lowest BCUT2D eigenvalue weighted by Crippen LogP contribution is -2.35. The minimum Gasteiger partial charge on any atom is -0.495 e. The molecule has 1 saturated carbocycles. The Hall–Kier alpha value is -3.04. The Labute approximate surface area is 162 Å². The second-order valence-electron chi connectivity index (χ2n) is 6.48. The monoisotopic (exact) mass is 383 g/mol. The van der Waals surface area contributed by atoms with Crippen LogP contribution in [0.5, 0.6) is 5.75 Å². The molecule has 1 aliphatic carbocycles. The van der Waals surface area contributed by atoms with Gasteiger partial charge in [-0.1, -0.05) is 17.7 Å². The lowest BCUT2D eigenvalue weighted by atomic mass is 10.0. The summed E-state index contributed by atoms with van der Waals surface area (Å²) in [6, 6.07) is 11.9. The van der Waals surface area contributed by atoms with Gasteiger partial charge in [0.15, 0.2) is 0 Å². The maximum absolute atomic E-state index is 12.8. The zero-order valence-corrected chi connectivity index (χ0v) is 15.7. The summed E-state index contributed by atoms with van der Waals surface area (Å²) < 4.78 is 5.27. The van der Waals surface area contributed by atoms with E-state index in [9.17, 15) is 9.59 Å². The average molecular weight is 384 g/mol. The normalized spacial score (nSPS) is 14.0. The maximum Gasteiger partial charge on any atom is 0.240 e. The fraction of sp³-hybridized carbons (Fsp3) is 0.250. The van der Waals surface area contributed by atoms with Crippen LogP contribution in [0.3, 0.4) is 0 Å². The van der Waals surface area contributed by atoms with E-state index in [4.69, 9.17) is 21.6 Å². The number of anilines is 2. The zero-order valence-electron chi connectivity index (χ0n) is 14.9. The average Bonchev–Trinajstić information content (AvgIpc) is 3.46. The third-order valence-corrected chi connectivity index (χ3v) is 5.00. The van der Waals surface area contributed by atoms with Crippen LogP contribution in [0.1, 0.15) is 24.0 Å². The van der Waals surface area contributed by atoms with E-state index < -0.39 is 11.3 Å². The van der Waals surface area contributed by atoms with Gasteiger partial charge in [0.25, 0.3) is 0 Å². The molecule has 0 heterocycles. The highest BCUT2D eigenvalue weighted by Gasteiger charge is 2.56. The molecule has 2 amide bonds. The number of halogens is 1. The molecule has 1 aliphatic rings. The topological polar surface area (TPSA) is 91.2 Å². The number of carbonyl (C=O) groups is 2. The van der Waals surface area contributed by atoms with Crippen LogP contribution in [0, 0.1) is 23.7 Å². The van der Waals surface area contributed by atoms with E-state index in [1.54, 1.807) is 36.4 Å². The highest BCUT2D eigenvalue weighted by atomic mass is 35.5. The molecule has 138 valence electrons. The number of hydrogen-bond donors (Lipinski definition) is 2. The van der Waals surface area contributed by atoms with Gasteiger partial charge in [-0.25, -0.2) is 0 Å². The number of nitrogens with one attached hydrogen (secondary N) is 2. The Balaban J connectivity index is 1.77. The SMILES string of the molecule is COc1cc(Cl)c(C)cc1NC(=O)C1(C(=O)Nc2cccc(C#N)c2)CC1. The molecule has 0 aliphatic heterocycles. The molecule has 0 aromatic heterocycles. The molecule has 27 heavy (non-hydrogen) atoms. The van der Waals surface area contributed by atoms with Gasteiger partial charge < -0.3 is 15.4 Å². The van der Waals surface area contributed by atoms with E-state index in [1.807, 2.05) is 13.0 Å². The number of rotatable bonds is 5. The number of benzene rings is 2. The summed E-state index contributed by atoms with van der Waals surface area (Å²) in [4.78, 5) is 25.5. The standard InChI is InChI=1S/C20H18ClN3O3/c1-12-8-16(17(27-2)10-15(12)21)24-19(26)20(6-7-20)18(25)23-14-5-3-4-13(9-14)11-22/h3-5,8-10H,6-7H2,1-2H3,(H,23,25)(H,24,26). The van der Waals surface area contributed by atoms with Crippen LogP contribution < -0.4 is 15.4 Å². The molecule has 7 heteroatoms.